The van der Waals surface area contributed by atoms with Crippen LogP contribution in [0, 0.1) is 0 Å². The van der Waals surface area contributed by atoms with E-state index in [9.17, 15) is 14.7 Å². The van der Waals surface area contributed by atoms with Gasteiger partial charge >= 0.3 is 5.97 Å². The van der Waals surface area contributed by atoms with Crippen molar-refractivity contribution in [2.75, 3.05) is 11.4 Å². The van der Waals surface area contributed by atoms with E-state index >= 15 is 0 Å². The first-order valence-corrected chi connectivity index (χ1v) is 5.79. The van der Waals surface area contributed by atoms with E-state index in [0.29, 0.717) is 5.69 Å². The van der Waals surface area contributed by atoms with Crippen LogP contribution in [-0.4, -0.2) is 38.4 Å². The van der Waals surface area contributed by atoms with E-state index in [1.165, 1.54) is 35.0 Å². The standard InChI is InChI=1S/C13H13N3O4/c1-15-7-6-11(14-15)13(20)16(8-12(18)19)9-2-4-10(17)5-3-9/h2-7,17H,8H2,1H3,(H,18,19). The minimum Gasteiger partial charge on any atom is -0.508 e. The van der Waals surface area contributed by atoms with Gasteiger partial charge in [0.15, 0.2) is 5.69 Å². The quantitative estimate of drug-likeness (QED) is 0.862. The number of nitrogens with zero attached hydrogens (tertiary/aromatic N) is 3. The summed E-state index contributed by atoms with van der Waals surface area (Å²) in [5.74, 6) is -1.62. The van der Waals surface area contributed by atoms with Gasteiger partial charge in [0.05, 0.1) is 0 Å². The topological polar surface area (TPSA) is 95.7 Å². The highest BCUT2D eigenvalue weighted by molar-refractivity contribution is 6.07. The van der Waals surface area contributed by atoms with Gasteiger partial charge in [-0.15, -0.1) is 0 Å². The Morgan fingerprint density at radius 1 is 1.25 bits per heavy atom. The molecule has 0 bridgehead atoms. The van der Waals surface area contributed by atoms with Gasteiger partial charge in [-0.05, 0) is 30.3 Å². The molecule has 1 amide bonds. The average Bonchev–Trinajstić information content (AvgIpc) is 2.83. The van der Waals surface area contributed by atoms with E-state index < -0.39 is 18.4 Å². The Hall–Kier alpha value is -2.83. The smallest absolute Gasteiger partial charge is 0.323 e. The maximum Gasteiger partial charge on any atom is 0.323 e. The predicted molar refractivity (Wildman–Crippen MR) is 70.6 cm³/mol. The van der Waals surface area contributed by atoms with Crippen molar-refractivity contribution in [3.05, 3.63) is 42.2 Å². The molecule has 1 heterocycles. The van der Waals surface area contributed by atoms with Gasteiger partial charge in [-0.1, -0.05) is 0 Å². The first kappa shape index (κ1) is 13.6. The number of aliphatic carboxylic acids is 1. The fourth-order valence-corrected chi connectivity index (χ4v) is 1.72. The Morgan fingerprint density at radius 3 is 2.40 bits per heavy atom. The van der Waals surface area contributed by atoms with Crippen LogP contribution < -0.4 is 4.90 Å². The van der Waals surface area contributed by atoms with Gasteiger partial charge in [0, 0.05) is 18.9 Å². The van der Waals surface area contributed by atoms with Crippen LogP contribution in [0.4, 0.5) is 5.69 Å². The minimum absolute atomic E-state index is 0.0364. The molecule has 2 aromatic rings. The first-order valence-electron chi connectivity index (χ1n) is 5.79. The molecule has 0 aliphatic heterocycles. The summed E-state index contributed by atoms with van der Waals surface area (Å²) in [7, 11) is 1.67. The van der Waals surface area contributed by atoms with Crippen LogP contribution in [-0.2, 0) is 11.8 Å². The Balaban J connectivity index is 2.34. The number of anilines is 1. The minimum atomic E-state index is -1.14. The van der Waals surface area contributed by atoms with Crippen LogP contribution in [0.3, 0.4) is 0 Å². The van der Waals surface area contributed by atoms with Crippen molar-refractivity contribution in [2.45, 2.75) is 0 Å². The first-order chi connectivity index (χ1) is 9.47. The van der Waals surface area contributed by atoms with E-state index in [1.807, 2.05) is 0 Å². The number of carbonyl (C=O) groups excluding carboxylic acids is 1. The van der Waals surface area contributed by atoms with E-state index in [-0.39, 0.29) is 11.4 Å². The maximum atomic E-state index is 12.3. The molecule has 20 heavy (non-hydrogen) atoms. The lowest BCUT2D eigenvalue weighted by Gasteiger charge is -2.19. The SMILES string of the molecule is Cn1ccc(C(=O)N(CC(=O)O)c2ccc(O)cc2)n1. The average molecular weight is 275 g/mol. The molecule has 1 aromatic heterocycles. The highest BCUT2D eigenvalue weighted by Crippen LogP contribution is 2.20. The molecule has 1 aromatic carbocycles. The van der Waals surface area contributed by atoms with Gasteiger partial charge in [0.2, 0.25) is 0 Å². The second kappa shape index (κ2) is 5.43. The molecule has 0 saturated carbocycles. The molecule has 0 atom stereocenters. The summed E-state index contributed by atoms with van der Waals surface area (Å²) in [4.78, 5) is 24.3. The highest BCUT2D eigenvalue weighted by Gasteiger charge is 2.22. The largest absolute Gasteiger partial charge is 0.508 e. The summed E-state index contributed by atoms with van der Waals surface area (Å²) in [6, 6.07) is 7.22. The van der Waals surface area contributed by atoms with Gasteiger partial charge in [-0.2, -0.15) is 5.10 Å². The molecule has 0 radical (unpaired) electrons. The summed E-state index contributed by atoms with van der Waals surface area (Å²) in [5.41, 5.74) is 0.530. The highest BCUT2D eigenvalue weighted by atomic mass is 16.4. The van der Waals surface area contributed by atoms with E-state index in [2.05, 4.69) is 5.10 Å². The monoisotopic (exact) mass is 275 g/mol. The van der Waals surface area contributed by atoms with Crippen molar-refractivity contribution < 1.29 is 19.8 Å². The van der Waals surface area contributed by atoms with Gasteiger partial charge in [0.25, 0.3) is 5.91 Å². The molecule has 104 valence electrons. The Morgan fingerprint density at radius 2 is 1.90 bits per heavy atom. The molecule has 0 fully saturated rings. The fraction of sp³-hybridized carbons (Fsp3) is 0.154. The number of aryl methyl sites for hydroxylation is 1. The van der Waals surface area contributed by atoms with Crippen molar-refractivity contribution in [3.8, 4) is 5.75 Å². The number of phenols is 1. The van der Waals surface area contributed by atoms with Crippen molar-refractivity contribution in [1.29, 1.82) is 0 Å². The van der Waals surface area contributed by atoms with Crippen LogP contribution >= 0.6 is 0 Å². The molecular formula is C13H13N3O4. The molecule has 0 saturated heterocycles. The molecule has 7 nitrogen and oxygen atoms in total. The number of carboxylic acids is 1. The number of carboxylic acid groups (broad SMARTS) is 1. The number of hydrogen-bond acceptors (Lipinski definition) is 4. The number of rotatable bonds is 4. The van der Waals surface area contributed by atoms with Crippen LogP contribution in [0.1, 0.15) is 10.5 Å². The van der Waals surface area contributed by atoms with E-state index in [1.54, 1.807) is 13.2 Å². The van der Waals surface area contributed by atoms with Crippen molar-refractivity contribution in [3.63, 3.8) is 0 Å². The molecule has 0 unspecified atom stereocenters. The lowest BCUT2D eigenvalue weighted by atomic mass is 10.2. The number of carbonyl (C=O) groups is 2. The van der Waals surface area contributed by atoms with Gasteiger partial charge in [0.1, 0.15) is 12.3 Å². The lowest BCUT2D eigenvalue weighted by molar-refractivity contribution is -0.135. The zero-order valence-corrected chi connectivity index (χ0v) is 10.7. The summed E-state index contributed by atoms with van der Waals surface area (Å²) in [6.45, 7) is -0.486. The van der Waals surface area contributed by atoms with Gasteiger partial charge in [-0.25, -0.2) is 0 Å². The molecule has 2 N–H and O–H groups in total. The number of aromatic nitrogens is 2. The molecule has 0 aliphatic carbocycles. The number of amides is 1. The molecule has 0 aliphatic rings. The zero-order chi connectivity index (χ0) is 14.7. The normalized spacial score (nSPS) is 10.2. The third-order valence-electron chi connectivity index (χ3n) is 2.63. The third kappa shape index (κ3) is 2.94. The zero-order valence-electron chi connectivity index (χ0n) is 10.7. The Labute approximate surface area is 114 Å². The van der Waals surface area contributed by atoms with Crippen LogP contribution in [0.5, 0.6) is 5.75 Å². The van der Waals surface area contributed by atoms with Crippen LogP contribution in [0.2, 0.25) is 0 Å². The summed E-state index contributed by atoms with van der Waals surface area (Å²) < 4.78 is 1.46. The van der Waals surface area contributed by atoms with Crippen molar-refractivity contribution in [2.24, 2.45) is 7.05 Å². The number of phenolic OH excluding ortho intramolecular Hbond substituents is 1. The van der Waals surface area contributed by atoms with Crippen molar-refractivity contribution >= 4 is 17.6 Å². The summed E-state index contributed by atoms with van der Waals surface area (Å²) in [6.07, 6.45) is 1.60. The lowest BCUT2D eigenvalue weighted by Crippen LogP contribution is -2.36. The Kier molecular flexibility index (Phi) is 3.69. The fourth-order valence-electron chi connectivity index (χ4n) is 1.72. The molecule has 7 heteroatoms. The number of aromatic hydroxyl groups is 1. The number of hydrogen-bond donors (Lipinski definition) is 2. The molecule has 2 rings (SSSR count). The summed E-state index contributed by atoms with van der Waals surface area (Å²) >= 11 is 0. The summed E-state index contributed by atoms with van der Waals surface area (Å²) in [5, 5.41) is 22.1. The van der Waals surface area contributed by atoms with Crippen LogP contribution in [0.25, 0.3) is 0 Å². The van der Waals surface area contributed by atoms with Crippen molar-refractivity contribution in [1.82, 2.24) is 9.78 Å². The van der Waals surface area contributed by atoms with Gasteiger partial charge < -0.3 is 10.2 Å². The van der Waals surface area contributed by atoms with Gasteiger partial charge in [-0.3, -0.25) is 19.2 Å². The second-order valence-electron chi connectivity index (χ2n) is 4.18. The Bertz CT molecular complexity index is 633. The predicted octanol–water partition coefficient (Wildman–Crippen LogP) is 0.857. The second-order valence-corrected chi connectivity index (χ2v) is 4.18. The van der Waals surface area contributed by atoms with E-state index in [0.717, 1.165) is 4.90 Å². The third-order valence-corrected chi connectivity index (χ3v) is 2.63. The number of benzene rings is 1. The maximum absolute atomic E-state index is 12.3. The molecule has 0 spiro atoms. The molecular weight excluding hydrogens is 262 g/mol. The van der Waals surface area contributed by atoms with E-state index in [4.69, 9.17) is 5.11 Å². The van der Waals surface area contributed by atoms with Crippen LogP contribution in [0.15, 0.2) is 36.5 Å².